The summed E-state index contributed by atoms with van der Waals surface area (Å²) in [6.45, 7) is 7.25. The molecular formula is C23H28N2O3S. The van der Waals surface area contributed by atoms with Gasteiger partial charge in [0.1, 0.15) is 5.76 Å². The van der Waals surface area contributed by atoms with Crippen LogP contribution in [0.15, 0.2) is 57.8 Å². The summed E-state index contributed by atoms with van der Waals surface area (Å²) >= 11 is 0. The number of sulfone groups is 1. The smallest absolute Gasteiger partial charge is 0.226 e. The summed E-state index contributed by atoms with van der Waals surface area (Å²) in [5.41, 5.74) is 3.89. The molecule has 0 fully saturated rings. The molecule has 0 spiro atoms. The van der Waals surface area contributed by atoms with Crippen molar-refractivity contribution in [3.63, 3.8) is 0 Å². The fourth-order valence-corrected chi connectivity index (χ4v) is 3.65. The summed E-state index contributed by atoms with van der Waals surface area (Å²) in [4.78, 5) is 7.30. The first-order valence-corrected chi connectivity index (χ1v) is 11.6. The third kappa shape index (κ3) is 5.14. The minimum Gasteiger partial charge on any atom is -0.441 e. The summed E-state index contributed by atoms with van der Waals surface area (Å²) < 4.78 is 29.1. The van der Waals surface area contributed by atoms with Gasteiger partial charge in [-0.1, -0.05) is 24.3 Å². The van der Waals surface area contributed by atoms with E-state index >= 15 is 0 Å². The molecule has 0 saturated carbocycles. The maximum atomic E-state index is 11.6. The molecule has 0 N–H and O–H groups in total. The van der Waals surface area contributed by atoms with E-state index < -0.39 is 9.84 Å². The highest BCUT2D eigenvalue weighted by Gasteiger charge is 2.13. The first-order chi connectivity index (χ1) is 13.6. The lowest BCUT2D eigenvalue weighted by atomic mass is 10.0. The van der Waals surface area contributed by atoms with Crippen molar-refractivity contribution in [2.45, 2.75) is 38.1 Å². The third-order valence-corrected chi connectivity index (χ3v) is 6.35. The summed E-state index contributed by atoms with van der Waals surface area (Å²) in [7, 11) is -1.07. The van der Waals surface area contributed by atoms with Crippen molar-refractivity contribution in [3.05, 3.63) is 60.0 Å². The molecule has 3 rings (SSSR count). The van der Waals surface area contributed by atoms with Crippen LogP contribution in [0.25, 0.3) is 22.6 Å². The lowest BCUT2D eigenvalue weighted by Gasteiger charge is -2.20. The molecule has 3 aromatic rings. The van der Waals surface area contributed by atoms with Crippen molar-refractivity contribution in [2.24, 2.45) is 0 Å². The predicted octanol–water partition coefficient (Wildman–Crippen LogP) is 4.60. The van der Waals surface area contributed by atoms with Crippen molar-refractivity contribution in [3.8, 4) is 22.6 Å². The zero-order valence-corrected chi connectivity index (χ0v) is 18.5. The lowest BCUT2D eigenvalue weighted by molar-refractivity contribution is 0.276. The molecule has 0 aliphatic rings. The Morgan fingerprint density at radius 3 is 2.00 bits per heavy atom. The molecule has 1 aromatic heterocycles. The average Bonchev–Trinajstić information content (AvgIpc) is 3.06. The second kappa shape index (κ2) is 8.51. The van der Waals surface area contributed by atoms with Gasteiger partial charge in [0.15, 0.2) is 9.84 Å². The molecule has 0 aliphatic carbocycles. The van der Waals surface area contributed by atoms with E-state index in [0.29, 0.717) is 16.8 Å². The van der Waals surface area contributed by atoms with Gasteiger partial charge in [0, 0.05) is 30.8 Å². The quantitative estimate of drug-likeness (QED) is 0.567. The van der Waals surface area contributed by atoms with E-state index in [4.69, 9.17) is 9.40 Å². The van der Waals surface area contributed by atoms with Crippen LogP contribution in [0.4, 0.5) is 0 Å². The molecule has 0 atom stereocenters. The van der Waals surface area contributed by atoms with Crippen LogP contribution in [0.2, 0.25) is 0 Å². The van der Waals surface area contributed by atoms with E-state index in [1.807, 2.05) is 43.3 Å². The topological polar surface area (TPSA) is 63.4 Å². The average molecular weight is 413 g/mol. The van der Waals surface area contributed by atoms with Crippen molar-refractivity contribution < 1.29 is 12.8 Å². The molecule has 0 radical (unpaired) electrons. The molecule has 5 nitrogen and oxygen atoms in total. The third-order valence-electron chi connectivity index (χ3n) is 5.22. The predicted molar refractivity (Wildman–Crippen MR) is 117 cm³/mol. The Hall–Kier alpha value is -2.44. The van der Waals surface area contributed by atoms with Crippen LogP contribution in [-0.4, -0.2) is 44.2 Å². The minimum absolute atomic E-state index is 0.323. The summed E-state index contributed by atoms with van der Waals surface area (Å²) in [6, 6.07) is 15.4. The van der Waals surface area contributed by atoms with Gasteiger partial charge in [0.25, 0.3) is 0 Å². The van der Waals surface area contributed by atoms with Gasteiger partial charge in [0.2, 0.25) is 5.89 Å². The van der Waals surface area contributed by atoms with Crippen LogP contribution >= 0.6 is 0 Å². The zero-order valence-electron chi connectivity index (χ0n) is 17.6. The van der Waals surface area contributed by atoms with Gasteiger partial charge in [-0.05, 0) is 63.2 Å². The number of rotatable bonds is 7. The van der Waals surface area contributed by atoms with Crippen LogP contribution < -0.4 is 0 Å². The molecule has 29 heavy (non-hydrogen) atoms. The number of oxazole rings is 1. The maximum absolute atomic E-state index is 11.6. The monoisotopic (exact) mass is 412 g/mol. The summed E-state index contributed by atoms with van der Waals surface area (Å²) in [5.74, 6) is 1.49. The molecule has 154 valence electrons. The van der Waals surface area contributed by atoms with Crippen molar-refractivity contribution in [2.75, 3.05) is 19.8 Å². The molecular weight excluding hydrogens is 384 g/mol. The summed E-state index contributed by atoms with van der Waals surface area (Å²) in [6.07, 6.45) is 2.07. The van der Waals surface area contributed by atoms with Crippen LogP contribution in [0, 0.1) is 6.92 Å². The summed E-state index contributed by atoms with van der Waals surface area (Å²) in [5, 5.41) is 0. The van der Waals surface area contributed by atoms with Gasteiger partial charge in [-0.25, -0.2) is 13.4 Å². The number of aromatic nitrogens is 1. The number of aryl methyl sites for hydroxylation is 1. The van der Waals surface area contributed by atoms with E-state index in [2.05, 4.69) is 25.8 Å². The Bertz CT molecular complexity index is 1070. The molecule has 0 unspecified atom stereocenters. The van der Waals surface area contributed by atoms with E-state index in [9.17, 15) is 8.42 Å². The minimum atomic E-state index is -3.19. The van der Waals surface area contributed by atoms with Gasteiger partial charge in [-0.15, -0.1) is 0 Å². The van der Waals surface area contributed by atoms with Crippen molar-refractivity contribution in [1.29, 1.82) is 0 Å². The van der Waals surface area contributed by atoms with Crippen molar-refractivity contribution in [1.82, 2.24) is 9.88 Å². The Morgan fingerprint density at radius 1 is 0.966 bits per heavy atom. The Balaban J connectivity index is 1.76. The normalized spacial score (nSPS) is 12.1. The fraction of sp³-hybridized carbons (Fsp3) is 0.348. The van der Waals surface area contributed by atoms with Gasteiger partial charge in [-0.2, -0.15) is 0 Å². The molecule has 0 saturated heterocycles. The second-order valence-corrected chi connectivity index (χ2v) is 9.74. The SMILES string of the molecule is Cc1oc(-c2ccc(-c3ccc(S(C)(=O)=O)cc3)cc2)nc1CCN(C)C(C)C. The van der Waals surface area contributed by atoms with E-state index in [0.717, 1.165) is 41.1 Å². The second-order valence-electron chi connectivity index (χ2n) is 7.72. The highest BCUT2D eigenvalue weighted by atomic mass is 32.2. The highest BCUT2D eigenvalue weighted by molar-refractivity contribution is 7.90. The Labute approximate surface area is 173 Å². The standard InChI is InChI=1S/C23H28N2O3S/c1-16(2)25(4)15-14-22-17(3)28-23(24-22)20-8-6-18(7-9-20)19-10-12-21(13-11-19)29(5,26)27/h6-13,16H,14-15H2,1-5H3. The highest BCUT2D eigenvalue weighted by Crippen LogP contribution is 2.27. The first kappa shape index (κ1) is 21.3. The Kier molecular flexibility index (Phi) is 6.24. The molecule has 2 aromatic carbocycles. The van der Waals surface area contributed by atoms with E-state index in [1.54, 1.807) is 12.1 Å². The molecule has 0 bridgehead atoms. The van der Waals surface area contributed by atoms with E-state index in [1.165, 1.54) is 6.26 Å². The van der Waals surface area contributed by atoms with Crippen LogP contribution in [0.5, 0.6) is 0 Å². The van der Waals surface area contributed by atoms with Crippen LogP contribution in [0.3, 0.4) is 0 Å². The molecule has 1 heterocycles. The Morgan fingerprint density at radius 2 is 1.48 bits per heavy atom. The maximum Gasteiger partial charge on any atom is 0.226 e. The van der Waals surface area contributed by atoms with Crippen LogP contribution in [-0.2, 0) is 16.3 Å². The van der Waals surface area contributed by atoms with Gasteiger partial charge < -0.3 is 9.32 Å². The molecule has 6 heteroatoms. The van der Waals surface area contributed by atoms with Crippen LogP contribution in [0.1, 0.15) is 25.3 Å². The van der Waals surface area contributed by atoms with E-state index in [-0.39, 0.29) is 0 Å². The number of hydrogen-bond acceptors (Lipinski definition) is 5. The van der Waals surface area contributed by atoms with Gasteiger partial charge in [0.05, 0.1) is 10.6 Å². The number of hydrogen-bond donors (Lipinski definition) is 0. The first-order valence-electron chi connectivity index (χ1n) is 9.72. The van der Waals surface area contributed by atoms with Gasteiger partial charge >= 0.3 is 0 Å². The molecule has 0 aliphatic heterocycles. The number of likely N-dealkylation sites (N-methyl/N-ethyl adjacent to an activating group) is 1. The molecule has 0 amide bonds. The van der Waals surface area contributed by atoms with Gasteiger partial charge in [-0.3, -0.25) is 0 Å². The fourth-order valence-electron chi connectivity index (χ4n) is 3.02. The number of benzene rings is 2. The van der Waals surface area contributed by atoms with Crippen molar-refractivity contribution >= 4 is 9.84 Å². The largest absolute Gasteiger partial charge is 0.441 e. The lowest BCUT2D eigenvalue weighted by Crippen LogP contribution is -2.28. The zero-order chi connectivity index (χ0) is 21.2. The number of nitrogens with zero attached hydrogens (tertiary/aromatic N) is 2.